The number of hydrogen-bond acceptors (Lipinski definition) is 6. The van der Waals surface area contributed by atoms with Gasteiger partial charge in [-0.3, -0.25) is 9.59 Å². The summed E-state index contributed by atoms with van der Waals surface area (Å²) >= 11 is 6.71. The minimum Gasteiger partial charge on any atom is -0.404 e. The molecule has 1 aliphatic heterocycles. The lowest BCUT2D eigenvalue weighted by Crippen LogP contribution is -2.59. The molecule has 2 amide bonds. The van der Waals surface area contributed by atoms with Crippen LogP contribution in [0.15, 0.2) is 35.8 Å². The van der Waals surface area contributed by atoms with Gasteiger partial charge in [0.05, 0.1) is 12.2 Å². The summed E-state index contributed by atoms with van der Waals surface area (Å²) in [4.78, 5) is 33.8. The molecule has 2 heterocycles. The zero-order chi connectivity index (χ0) is 26.4. The van der Waals surface area contributed by atoms with Crippen molar-refractivity contribution in [2.45, 2.75) is 50.9 Å². The van der Waals surface area contributed by atoms with E-state index in [0.29, 0.717) is 24.0 Å². The van der Waals surface area contributed by atoms with Crippen LogP contribution in [0.2, 0.25) is 0 Å². The summed E-state index contributed by atoms with van der Waals surface area (Å²) in [7, 11) is 0. The molecule has 2 aliphatic rings. The molecular formula is C24H28F3N5O3S2. The number of aromatic nitrogens is 1. The van der Waals surface area contributed by atoms with E-state index in [9.17, 15) is 22.8 Å². The maximum atomic E-state index is 13.2. The van der Waals surface area contributed by atoms with Crippen molar-refractivity contribution in [3.05, 3.63) is 35.8 Å². The second-order valence-electron chi connectivity index (χ2n) is 9.06. The van der Waals surface area contributed by atoms with Gasteiger partial charge < -0.3 is 25.2 Å². The van der Waals surface area contributed by atoms with Crippen LogP contribution in [0.5, 0.6) is 5.75 Å². The van der Waals surface area contributed by atoms with E-state index >= 15 is 0 Å². The third-order valence-corrected chi connectivity index (χ3v) is 7.57. The van der Waals surface area contributed by atoms with Gasteiger partial charge in [-0.1, -0.05) is 44.2 Å². The van der Waals surface area contributed by atoms with Crippen LogP contribution in [0, 0.1) is 5.92 Å². The first-order valence-electron chi connectivity index (χ1n) is 12.1. The number of nitrogens with one attached hydrogen (secondary N) is 2. The minimum atomic E-state index is -4.85. The number of ether oxygens (including phenoxy) is 1. The van der Waals surface area contributed by atoms with Crippen LogP contribution < -0.4 is 15.4 Å². The first-order valence-corrected chi connectivity index (χ1v) is 13.4. The molecule has 0 unspecified atom stereocenters. The molecule has 1 atom stereocenters. The van der Waals surface area contributed by atoms with Crippen LogP contribution in [0.25, 0.3) is 0 Å². The number of anilines is 2. The lowest BCUT2D eigenvalue weighted by molar-refractivity contribution is -0.274. The molecule has 1 aromatic heterocycles. The van der Waals surface area contributed by atoms with E-state index in [0.717, 1.165) is 25.7 Å². The normalized spacial score (nSPS) is 17.9. The molecule has 1 saturated heterocycles. The topological polar surface area (TPSA) is 86.8 Å². The molecule has 2 aromatic rings. The zero-order valence-corrected chi connectivity index (χ0v) is 21.6. The molecule has 37 heavy (non-hydrogen) atoms. The highest BCUT2D eigenvalue weighted by molar-refractivity contribution is 7.80. The molecule has 1 saturated carbocycles. The van der Waals surface area contributed by atoms with Crippen molar-refractivity contribution in [3.8, 4) is 5.75 Å². The highest BCUT2D eigenvalue weighted by Crippen LogP contribution is 2.31. The van der Waals surface area contributed by atoms with Crippen LogP contribution in [0.3, 0.4) is 0 Å². The Labute approximate surface area is 222 Å². The van der Waals surface area contributed by atoms with Crippen LogP contribution in [0.4, 0.5) is 24.0 Å². The summed E-state index contributed by atoms with van der Waals surface area (Å²) in [6.45, 7) is 0.482. The summed E-state index contributed by atoms with van der Waals surface area (Å²) in [5.41, 5.74) is 0.0395. The van der Waals surface area contributed by atoms with Gasteiger partial charge in [0, 0.05) is 24.7 Å². The predicted octanol–water partition coefficient (Wildman–Crippen LogP) is 4.86. The zero-order valence-electron chi connectivity index (χ0n) is 20.0. The van der Waals surface area contributed by atoms with Crippen molar-refractivity contribution < 1.29 is 27.5 Å². The second kappa shape index (κ2) is 12.1. The molecular weight excluding hydrogens is 527 g/mol. The van der Waals surface area contributed by atoms with E-state index in [-0.39, 0.29) is 35.7 Å². The van der Waals surface area contributed by atoms with Gasteiger partial charge in [0.15, 0.2) is 16.0 Å². The molecule has 1 aromatic carbocycles. The number of para-hydroxylation sites is 2. The average Bonchev–Trinajstić information content (AvgIpc) is 3.37. The number of thiazole rings is 1. The Morgan fingerprint density at radius 2 is 1.95 bits per heavy atom. The van der Waals surface area contributed by atoms with E-state index in [1.54, 1.807) is 27.4 Å². The van der Waals surface area contributed by atoms with Crippen molar-refractivity contribution in [3.63, 3.8) is 0 Å². The number of halogens is 3. The second-order valence-corrected chi connectivity index (χ2v) is 10.3. The van der Waals surface area contributed by atoms with E-state index in [2.05, 4.69) is 20.4 Å². The number of amides is 2. The molecule has 2 fully saturated rings. The maximum Gasteiger partial charge on any atom is 0.573 e. The highest BCUT2D eigenvalue weighted by atomic mass is 32.1. The Morgan fingerprint density at radius 1 is 1.19 bits per heavy atom. The van der Waals surface area contributed by atoms with Crippen molar-refractivity contribution in [2.24, 2.45) is 5.92 Å². The van der Waals surface area contributed by atoms with Crippen molar-refractivity contribution >= 4 is 51.3 Å². The molecule has 8 nitrogen and oxygen atoms in total. The number of piperazine rings is 1. The highest BCUT2D eigenvalue weighted by Gasteiger charge is 2.37. The smallest absolute Gasteiger partial charge is 0.404 e. The number of alkyl halides is 3. The lowest BCUT2D eigenvalue weighted by Gasteiger charge is -2.40. The van der Waals surface area contributed by atoms with Crippen molar-refractivity contribution in [1.82, 2.24) is 14.8 Å². The third-order valence-electron chi connectivity index (χ3n) is 6.52. The lowest BCUT2D eigenvalue weighted by atomic mass is 9.84. The fraction of sp³-hybridized carbons (Fsp3) is 0.500. The number of thiocarbonyl (C=S) groups is 1. The Hall–Kier alpha value is -2.93. The Balaban J connectivity index is 1.42. The summed E-state index contributed by atoms with van der Waals surface area (Å²) in [5, 5.41) is 7.95. The summed E-state index contributed by atoms with van der Waals surface area (Å²) in [5.74, 6) is -0.597. The molecule has 200 valence electrons. The summed E-state index contributed by atoms with van der Waals surface area (Å²) in [6, 6.07) is 4.92. The number of benzene rings is 1. The maximum absolute atomic E-state index is 13.2. The van der Waals surface area contributed by atoms with Crippen LogP contribution in [0.1, 0.15) is 38.5 Å². The Morgan fingerprint density at radius 3 is 2.62 bits per heavy atom. The van der Waals surface area contributed by atoms with E-state index in [4.69, 9.17) is 12.2 Å². The number of nitrogens with zero attached hydrogens (tertiary/aromatic N) is 3. The van der Waals surface area contributed by atoms with E-state index < -0.39 is 18.2 Å². The van der Waals surface area contributed by atoms with Crippen LogP contribution in [-0.4, -0.2) is 63.7 Å². The van der Waals surface area contributed by atoms with Gasteiger partial charge in [-0.05, 0) is 36.7 Å². The summed E-state index contributed by atoms with van der Waals surface area (Å²) in [6.07, 6.45) is 2.81. The SMILES string of the molecule is O=C(Nc1nccs1)[C@H](CC1CCCCC1)N1CCN(C(=S)Nc2ccccc2OC(F)(F)F)CC1=O. The van der Waals surface area contributed by atoms with Gasteiger partial charge >= 0.3 is 6.36 Å². The first-order chi connectivity index (χ1) is 17.7. The van der Waals surface area contributed by atoms with Gasteiger partial charge in [0.25, 0.3) is 0 Å². The fourth-order valence-electron chi connectivity index (χ4n) is 4.76. The molecule has 13 heteroatoms. The van der Waals surface area contributed by atoms with Gasteiger partial charge in [-0.25, -0.2) is 4.98 Å². The molecule has 1 aliphatic carbocycles. The predicted molar refractivity (Wildman–Crippen MR) is 138 cm³/mol. The number of rotatable bonds is 7. The van der Waals surface area contributed by atoms with Crippen LogP contribution in [-0.2, 0) is 9.59 Å². The third kappa shape index (κ3) is 7.54. The van der Waals surface area contributed by atoms with Crippen LogP contribution >= 0.6 is 23.6 Å². The van der Waals surface area contributed by atoms with E-state index in [1.165, 1.54) is 36.0 Å². The number of carbonyl (C=O) groups excluding carboxylic acids is 2. The number of hydrogen-bond donors (Lipinski definition) is 2. The molecule has 0 spiro atoms. The summed E-state index contributed by atoms with van der Waals surface area (Å²) < 4.78 is 42.3. The fourth-order valence-corrected chi connectivity index (χ4v) is 5.55. The molecule has 0 bridgehead atoms. The molecule has 4 rings (SSSR count). The quantitative estimate of drug-likeness (QED) is 0.472. The van der Waals surface area contributed by atoms with E-state index in [1.807, 2.05) is 0 Å². The van der Waals surface area contributed by atoms with Gasteiger partial charge in [0.1, 0.15) is 6.04 Å². The van der Waals surface area contributed by atoms with Gasteiger partial charge in [-0.15, -0.1) is 24.5 Å². The van der Waals surface area contributed by atoms with Crippen molar-refractivity contribution in [2.75, 3.05) is 30.3 Å². The average molecular weight is 556 g/mol. The standard InChI is InChI=1S/C24H28F3N5O3S2/c25-24(26,27)35-19-9-5-4-8-17(19)29-23(36)31-11-12-32(20(33)15-31)18(14-16-6-2-1-3-7-16)21(34)30-22-28-10-13-37-22/h4-5,8-10,13,16,18H,1-3,6-7,11-12,14-15H2,(H,29,36)(H,28,30,34)/t18-/m0/s1. The van der Waals surface area contributed by atoms with Gasteiger partial charge in [-0.2, -0.15) is 0 Å². The Bertz CT molecular complexity index is 1090. The van der Waals surface area contributed by atoms with Crippen molar-refractivity contribution in [1.29, 1.82) is 0 Å². The first kappa shape index (κ1) is 27.1. The Kier molecular flexibility index (Phi) is 8.85. The molecule has 2 N–H and O–H groups in total. The van der Waals surface area contributed by atoms with Gasteiger partial charge in [0.2, 0.25) is 11.8 Å². The largest absolute Gasteiger partial charge is 0.573 e. The molecule has 0 radical (unpaired) electrons. The minimum absolute atomic E-state index is 0.0395. The number of carbonyl (C=O) groups is 2. The monoisotopic (exact) mass is 555 g/mol.